The van der Waals surface area contributed by atoms with Crippen molar-refractivity contribution in [2.45, 2.75) is 99.6 Å². The van der Waals surface area contributed by atoms with E-state index in [0.717, 1.165) is 6.42 Å². The summed E-state index contributed by atoms with van der Waals surface area (Å²) in [5.41, 5.74) is 0. The zero-order chi connectivity index (χ0) is 28.1. The third-order valence-corrected chi connectivity index (χ3v) is 15.3. The van der Waals surface area contributed by atoms with E-state index in [-0.39, 0.29) is 16.9 Å². The minimum atomic E-state index is -2.26. The zero-order valence-electron chi connectivity index (χ0n) is 22.7. The molecule has 11 heteroatoms. The third kappa shape index (κ3) is 6.38. The molecule has 0 unspecified atom stereocenters. The van der Waals surface area contributed by atoms with Crippen molar-refractivity contribution in [3.05, 3.63) is 12.2 Å². The van der Waals surface area contributed by atoms with Crippen molar-refractivity contribution in [1.29, 1.82) is 0 Å². The number of carbonyl (C=O) groups is 3. The molecular weight excluding hydrogens is 576 g/mol. The van der Waals surface area contributed by atoms with Crippen LogP contribution in [-0.4, -0.2) is 45.9 Å². The molecule has 0 aromatic rings. The van der Waals surface area contributed by atoms with Crippen LogP contribution in [0, 0.1) is 29.6 Å². The fourth-order valence-electron chi connectivity index (χ4n) is 5.17. The van der Waals surface area contributed by atoms with Gasteiger partial charge in [-0.05, 0) is 63.1 Å². The highest BCUT2D eigenvalue weighted by atomic mass is 35.5. The third-order valence-electron chi connectivity index (χ3n) is 8.66. The fraction of sp³-hybridized carbons (Fsp3) is 0.808. The van der Waals surface area contributed by atoms with Crippen LogP contribution in [0.1, 0.15) is 66.7 Å². The second-order valence-electron chi connectivity index (χ2n) is 12.4. The summed E-state index contributed by atoms with van der Waals surface area (Å²) in [5.74, 6) is -2.95. The van der Waals surface area contributed by atoms with Gasteiger partial charge in [0.05, 0.1) is 23.9 Å². The Hall–Kier alpha value is -0.313. The predicted octanol–water partition coefficient (Wildman–Crippen LogP) is 7.21. The summed E-state index contributed by atoms with van der Waals surface area (Å²) in [6.45, 7) is 13.9. The minimum Gasteiger partial charge on any atom is -0.413 e. The Bertz CT molecular complexity index is 912. The number of fused-ring (bicyclic) bond motifs is 5. The van der Waals surface area contributed by atoms with Crippen LogP contribution in [-0.2, 0) is 23.6 Å². The van der Waals surface area contributed by atoms with Gasteiger partial charge in [-0.2, -0.15) is 0 Å². The zero-order valence-corrected chi connectivity index (χ0v) is 26.7. The van der Waals surface area contributed by atoms with Crippen molar-refractivity contribution < 1.29 is 23.6 Å². The smallest absolute Gasteiger partial charge is 0.338 e. The Balaban J connectivity index is 1.68. The maximum Gasteiger partial charge on any atom is 0.338 e. The average Bonchev–Trinajstić information content (AvgIpc) is 3.43. The van der Waals surface area contributed by atoms with Crippen molar-refractivity contribution in [1.82, 2.24) is 5.06 Å². The summed E-state index contributed by atoms with van der Waals surface area (Å²) in [6, 6.07) is 0. The van der Waals surface area contributed by atoms with Gasteiger partial charge < -0.3 is 9.26 Å². The second-order valence-corrected chi connectivity index (χ2v) is 20.4. The monoisotopic (exact) mass is 613 g/mol. The number of alkyl halides is 4. The lowest BCUT2D eigenvalue weighted by Gasteiger charge is -2.40. The van der Waals surface area contributed by atoms with Gasteiger partial charge in [-0.25, -0.2) is 4.79 Å². The first-order chi connectivity index (χ1) is 16.8. The molecule has 0 aromatic carbocycles. The summed E-state index contributed by atoms with van der Waals surface area (Å²) in [6.07, 6.45) is 6.51. The van der Waals surface area contributed by atoms with Gasteiger partial charge in [0.2, 0.25) is 0 Å². The molecule has 0 aromatic heterocycles. The summed E-state index contributed by atoms with van der Waals surface area (Å²) in [5, 5.41) is 0.626. The molecule has 0 radical (unpaired) electrons. The molecule has 3 rings (SSSR count). The van der Waals surface area contributed by atoms with Gasteiger partial charge in [0.1, 0.15) is 4.33 Å². The number of imide groups is 1. The Morgan fingerprint density at radius 1 is 1.03 bits per heavy atom. The highest BCUT2D eigenvalue weighted by Gasteiger charge is 2.61. The van der Waals surface area contributed by atoms with Gasteiger partial charge in [-0.1, -0.05) is 92.2 Å². The highest BCUT2D eigenvalue weighted by Crippen LogP contribution is 2.52. The molecule has 2 amide bonds. The van der Waals surface area contributed by atoms with Crippen molar-refractivity contribution in [2.75, 3.05) is 0 Å². The molecule has 1 saturated heterocycles. The highest BCUT2D eigenvalue weighted by molar-refractivity contribution is 6.74. The van der Waals surface area contributed by atoms with E-state index in [1.165, 1.54) is 0 Å². The predicted molar refractivity (Wildman–Crippen MR) is 150 cm³/mol. The van der Waals surface area contributed by atoms with Gasteiger partial charge in [0.15, 0.2) is 12.7 Å². The van der Waals surface area contributed by atoms with Gasteiger partial charge in [-0.3, -0.25) is 9.59 Å². The summed E-state index contributed by atoms with van der Waals surface area (Å²) >= 11 is 24.9. The molecule has 0 N–H and O–H groups in total. The number of allylic oxidation sites excluding steroid dienone is 2. The standard InChI is InChI=1S/C26H39Cl4NO5Si/c1-15(23(34)35-31-21(32)19-16-11-12-17(14-16)20(19)22(31)33)18(36-37(6,7)24(2,3)4)10-8-9-13-26(29,30)25(5,27)28/h11-12,15-20H,8-10,13-14H2,1-7H3/t15-,16-,17+,18-,19-,20+/m1/s1. The van der Waals surface area contributed by atoms with Crippen LogP contribution in [0.5, 0.6) is 0 Å². The van der Waals surface area contributed by atoms with Crippen LogP contribution < -0.4 is 0 Å². The molecule has 1 heterocycles. The van der Waals surface area contributed by atoms with E-state index in [4.69, 9.17) is 55.7 Å². The number of rotatable bonds is 11. The number of hydrogen-bond donors (Lipinski definition) is 0. The Kier molecular flexibility index (Phi) is 9.22. The van der Waals surface area contributed by atoms with Crippen LogP contribution in [0.4, 0.5) is 0 Å². The first-order valence-electron chi connectivity index (χ1n) is 13.0. The van der Waals surface area contributed by atoms with E-state index in [2.05, 4.69) is 33.9 Å². The van der Waals surface area contributed by atoms with Gasteiger partial charge >= 0.3 is 5.97 Å². The molecule has 6 atom stereocenters. The summed E-state index contributed by atoms with van der Waals surface area (Å²) in [4.78, 5) is 44.7. The number of unbranched alkanes of at least 4 members (excludes halogenated alkanes) is 1. The van der Waals surface area contributed by atoms with Crippen molar-refractivity contribution >= 4 is 72.5 Å². The topological polar surface area (TPSA) is 72.9 Å². The molecule has 37 heavy (non-hydrogen) atoms. The van der Waals surface area contributed by atoms with Crippen molar-refractivity contribution in [3.8, 4) is 0 Å². The molecule has 2 fully saturated rings. The fourth-order valence-corrected chi connectivity index (χ4v) is 7.06. The molecule has 2 aliphatic carbocycles. The van der Waals surface area contributed by atoms with Crippen LogP contribution in [0.15, 0.2) is 12.2 Å². The van der Waals surface area contributed by atoms with E-state index in [1.54, 1.807) is 13.8 Å². The van der Waals surface area contributed by atoms with E-state index >= 15 is 0 Å². The summed E-state index contributed by atoms with van der Waals surface area (Å²) < 4.78 is 4.01. The molecule has 6 nitrogen and oxygen atoms in total. The molecule has 1 aliphatic heterocycles. The van der Waals surface area contributed by atoms with Gasteiger partial charge in [0, 0.05) is 0 Å². The lowest BCUT2D eigenvalue weighted by Crippen LogP contribution is -2.47. The molecule has 3 aliphatic rings. The SMILES string of the molecule is C[C@@H](C(=O)ON1C(=O)[C@@H]2[C@H](C1=O)[C@@H]1C=C[C@H]2C1)[C@@H](CCCCC(Cl)(Cl)C(C)(Cl)Cl)O[Si](C)(C)C(C)(C)C. The largest absolute Gasteiger partial charge is 0.413 e. The van der Waals surface area contributed by atoms with E-state index in [1.807, 2.05) is 12.2 Å². The normalized spacial score (nSPS) is 27.6. The molecule has 1 saturated carbocycles. The lowest BCUT2D eigenvalue weighted by molar-refractivity contribution is -0.204. The molecule has 210 valence electrons. The van der Waals surface area contributed by atoms with Crippen LogP contribution in [0.25, 0.3) is 0 Å². The van der Waals surface area contributed by atoms with E-state index in [9.17, 15) is 14.4 Å². The quantitative estimate of drug-likeness (QED) is 0.0808. The Morgan fingerprint density at radius 2 is 1.54 bits per heavy atom. The van der Waals surface area contributed by atoms with E-state index < -0.39 is 58.6 Å². The van der Waals surface area contributed by atoms with E-state index in [0.29, 0.717) is 30.7 Å². The van der Waals surface area contributed by atoms with Gasteiger partial charge in [-0.15, -0.1) is 5.06 Å². The molecular formula is C26H39Cl4NO5Si. The number of hydrogen-bond acceptors (Lipinski definition) is 5. The first-order valence-corrected chi connectivity index (χ1v) is 17.4. The molecule has 2 bridgehead atoms. The lowest BCUT2D eigenvalue weighted by atomic mass is 9.85. The number of halogens is 4. The Labute approximate surface area is 241 Å². The summed E-state index contributed by atoms with van der Waals surface area (Å²) in [7, 11) is -2.26. The van der Waals surface area contributed by atoms with Crippen molar-refractivity contribution in [3.63, 3.8) is 0 Å². The molecule has 0 spiro atoms. The maximum atomic E-state index is 13.3. The van der Waals surface area contributed by atoms with Crippen LogP contribution in [0.3, 0.4) is 0 Å². The first kappa shape index (κ1) is 31.2. The Morgan fingerprint density at radius 3 is 2.00 bits per heavy atom. The minimum absolute atomic E-state index is 0.0426. The second kappa shape index (κ2) is 10.9. The van der Waals surface area contributed by atoms with Crippen LogP contribution in [0.2, 0.25) is 18.1 Å². The maximum absolute atomic E-state index is 13.3. The van der Waals surface area contributed by atoms with Crippen LogP contribution >= 0.6 is 46.4 Å². The van der Waals surface area contributed by atoms with Gasteiger partial charge in [0.25, 0.3) is 11.8 Å². The number of amides is 2. The number of carbonyl (C=O) groups excluding carboxylic acids is 3. The number of nitrogens with zero attached hydrogens (tertiary/aromatic N) is 1. The number of hydroxylamine groups is 2. The average molecular weight is 615 g/mol. The van der Waals surface area contributed by atoms with Crippen molar-refractivity contribution in [2.24, 2.45) is 29.6 Å².